The molecule has 0 heterocycles. The van der Waals surface area contributed by atoms with Gasteiger partial charge in [-0.15, -0.1) is 0 Å². The van der Waals surface area contributed by atoms with E-state index in [0.717, 1.165) is 6.42 Å². The fraction of sp³-hybridized carbons (Fsp3) is 0.680. The molecule has 2 saturated carbocycles. The van der Waals surface area contributed by atoms with Gasteiger partial charge in [-0.2, -0.15) is 0 Å². The summed E-state index contributed by atoms with van der Waals surface area (Å²) in [6.45, 7) is 7.17. The van der Waals surface area contributed by atoms with Gasteiger partial charge in [-0.05, 0) is 84.2 Å². The lowest BCUT2D eigenvalue weighted by atomic mass is 9.48. The van der Waals surface area contributed by atoms with E-state index in [-0.39, 0.29) is 11.4 Å². The van der Waals surface area contributed by atoms with Gasteiger partial charge < -0.3 is 4.74 Å². The Bertz CT molecular complexity index is 760. The van der Waals surface area contributed by atoms with Crippen LogP contribution in [0.15, 0.2) is 36.0 Å². The molecule has 0 radical (unpaired) electrons. The van der Waals surface area contributed by atoms with Crippen LogP contribution in [0.1, 0.15) is 59.3 Å². The average Bonchev–Trinajstić information content (AvgIpc) is 3.03. The SMILES string of the molecule is COC(=O)/C=C/C(C)[C@H]1CCC2[C@@H]3C=CC4=CC(=O)CC[C@]4(C)C3CC[C@@]21C. The number of esters is 1. The maximum absolute atomic E-state index is 12.0. The van der Waals surface area contributed by atoms with Gasteiger partial charge >= 0.3 is 5.97 Å². The smallest absolute Gasteiger partial charge is 0.330 e. The zero-order chi connectivity index (χ0) is 20.1. The zero-order valence-electron chi connectivity index (χ0n) is 17.7. The Morgan fingerprint density at radius 3 is 2.75 bits per heavy atom. The fourth-order valence-corrected chi connectivity index (χ4v) is 7.33. The van der Waals surface area contributed by atoms with Crippen molar-refractivity contribution in [1.29, 1.82) is 0 Å². The van der Waals surface area contributed by atoms with Gasteiger partial charge in [0.05, 0.1) is 7.11 Å². The molecular formula is C25H34O3. The lowest BCUT2D eigenvalue weighted by Crippen LogP contribution is -2.49. The third-order valence-corrected chi connectivity index (χ3v) is 8.96. The minimum atomic E-state index is -0.260. The van der Waals surface area contributed by atoms with E-state index in [1.807, 2.05) is 6.08 Å². The van der Waals surface area contributed by atoms with E-state index >= 15 is 0 Å². The number of hydrogen-bond acceptors (Lipinski definition) is 3. The minimum absolute atomic E-state index is 0.170. The summed E-state index contributed by atoms with van der Waals surface area (Å²) in [7, 11) is 1.43. The topological polar surface area (TPSA) is 43.4 Å². The Labute approximate surface area is 169 Å². The molecule has 0 bridgehead atoms. The fourth-order valence-electron chi connectivity index (χ4n) is 7.33. The summed E-state index contributed by atoms with van der Waals surface area (Å²) < 4.78 is 4.77. The maximum Gasteiger partial charge on any atom is 0.330 e. The highest BCUT2D eigenvalue weighted by Gasteiger charge is 2.58. The summed E-state index contributed by atoms with van der Waals surface area (Å²) in [5, 5.41) is 0. The van der Waals surface area contributed by atoms with Crippen LogP contribution in [-0.2, 0) is 14.3 Å². The molecule has 3 unspecified atom stereocenters. The number of ketones is 1. The van der Waals surface area contributed by atoms with E-state index in [2.05, 4.69) is 39.0 Å². The highest BCUT2D eigenvalue weighted by molar-refractivity contribution is 5.92. The highest BCUT2D eigenvalue weighted by atomic mass is 16.5. The average molecular weight is 383 g/mol. The second-order valence-electron chi connectivity index (χ2n) is 10.1. The van der Waals surface area contributed by atoms with Gasteiger partial charge in [0.1, 0.15) is 0 Å². The lowest BCUT2D eigenvalue weighted by Gasteiger charge is -2.56. The van der Waals surface area contributed by atoms with Crippen LogP contribution in [0.3, 0.4) is 0 Å². The van der Waals surface area contributed by atoms with Gasteiger partial charge in [-0.1, -0.05) is 39.0 Å². The van der Waals surface area contributed by atoms with E-state index in [1.165, 1.54) is 38.4 Å². The predicted octanol–water partition coefficient (Wildman–Crippen LogP) is 5.28. The van der Waals surface area contributed by atoms with Crippen LogP contribution in [-0.4, -0.2) is 18.9 Å². The Kier molecular flexibility index (Phi) is 4.92. The van der Waals surface area contributed by atoms with Crippen LogP contribution < -0.4 is 0 Å². The molecule has 7 atom stereocenters. The molecule has 3 nitrogen and oxygen atoms in total. The third kappa shape index (κ3) is 2.93. The van der Waals surface area contributed by atoms with Crippen molar-refractivity contribution < 1.29 is 14.3 Å². The van der Waals surface area contributed by atoms with Crippen LogP contribution in [0.25, 0.3) is 0 Å². The Hall–Kier alpha value is -1.64. The monoisotopic (exact) mass is 382 g/mol. The van der Waals surface area contributed by atoms with Crippen LogP contribution in [0, 0.1) is 40.4 Å². The number of carbonyl (C=O) groups is 2. The number of rotatable bonds is 3. The molecule has 2 fully saturated rings. The molecule has 0 aromatic rings. The van der Waals surface area contributed by atoms with E-state index in [1.54, 1.807) is 6.08 Å². The van der Waals surface area contributed by atoms with Gasteiger partial charge in [0.25, 0.3) is 0 Å². The Morgan fingerprint density at radius 2 is 2.00 bits per heavy atom. The molecule has 0 aliphatic heterocycles. The lowest BCUT2D eigenvalue weighted by molar-refractivity contribution is -0.134. The molecule has 0 N–H and O–H groups in total. The summed E-state index contributed by atoms with van der Waals surface area (Å²) in [5.74, 6) is 3.03. The quantitative estimate of drug-likeness (QED) is 0.493. The number of carbonyl (C=O) groups excluding carboxylic acids is 2. The molecule has 3 heteroatoms. The van der Waals surface area contributed by atoms with Crippen molar-refractivity contribution in [3.63, 3.8) is 0 Å². The first-order valence-electron chi connectivity index (χ1n) is 11.0. The van der Waals surface area contributed by atoms with Crippen LogP contribution in [0.5, 0.6) is 0 Å². The summed E-state index contributed by atoms with van der Waals surface area (Å²) in [5.41, 5.74) is 1.77. The minimum Gasteiger partial charge on any atom is -0.466 e. The molecule has 4 aliphatic carbocycles. The van der Waals surface area contributed by atoms with E-state index in [9.17, 15) is 9.59 Å². The van der Waals surface area contributed by atoms with E-state index in [4.69, 9.17) is 4.74 Å². The predicted molar refractivity (Wildman–Crippen MR) is 110 cm³/mol. The maximum atomic E-state index is 12.0. The van der Waals surface area contributed by atoms with Crippen molar-refractivity contribution in [3.8, 4) is 0 Å². The number of fused-ring (bicyclic) bond motifs is 5. The van der Waals surface area contributed by atoms with Crippen molar-refractivity contribution in [2.75, 3.05) is 7.11 Å². The van der Waals surface area contributed by atoms with Gasteiger partial charge in [-0.3, -0.25) is 4.79 Å². The second kappa shape index (κ2) is 7.00. The largest absolute Gasteiger partial charge is 0.466 e. The number of methoxy groups -OCH3 is 1. The molecular weight excluding hydrogens is 348 g/mol. The van der Waals surface area contributed by atoms with Gasteiger partial charge in [0, 0.05) is 12.5 Å². The molecule has 4 aliphatic rings. The van der Waals surface area contributed by atoms with Gasteiger partial charge in [0.2, 0.25) is 0 Å². The molecule has 0 amide bonds. The first-order valence-corrected chi connectivity index (χ1v) is 11.0. The molecule has 4 rings (SSSR count). The van der Waals surface area contributed by atoms with Crippen LogP contribution >= 0.6 is 0 Å². The van der Waals surface area contributed by atoms with Crippen molar-refractivity contribution in [1.82, 2.24) is 0 Å². The number of ether oxygens (including phenoxy) is 1. The van der Waals surface area contributed by atoms with Crippen molar-refractivity contribution in [3.05, 3.63) is 36.0 Å². The molecule has 28 heavy (non-hydrogen) atoms. The Balaban J connectivity index is 1.59. The first kappa shape index (κ1) is 19.7. The third-order valence-electron chi connectivity index (χ3n) is 8.96. The summed E-state index contributed by atoms with van der Waals surface area (Å²) in [4.78, 5) is 23.5. The number of allylic oxidation sites excluding steroid dienone is 5. The number of hydrogen-bond donors (Lipinski definition) is 0. The van der Waals surface area contributed by atoms with Gasteiger partial charge in [0.15, 0.2) is 5.78 Å². The van der Waals surface area contributed by atoms with Gasteiger partial charge in [-0.25, -0.2) is 4.79 Å². The van der Waals surface area contributed by atoms with Crippen molar-refractivity contribution in [2.45, 2.75) is 59.3 Å². The van der Waals surface area contributed by atoms with Crippen LogP contribution in [0.2, 0.25) is 0 Å². The van der Waals surface area contributed by atoms with Crippen LogP contribution in [0.4, 0.5) is 0 Å². The summed E-state index contributed by atoms with van der Waals surface area (Å²) in [6, 6.07) is 0. The van der Waals surface area contributed by atoms with Crippen molar-refractivity contribution in [2.24, 2.45) is 40.4 Å². The normalized spacial score (nSPS) is 43.1. The first-order chi connectivity index (χ1) is 13.3. The Morgan fingerprint density at radius 1 is 1.21 bits per heavy atom. The molecule has 0 spiro atoms. The standard InChI is InChI=1S/C25H34O3/c1-16(5-10-23(27)28-4)20-8-9-21-19-7-6-17-15-18(26)11-13-24(17,2)22(19)12-14-25(20,21)3/h5-7,10,15-16,19-22H,8-9,11-14H2,1-4H3/b10-5+/t16?,19-,20+,21?,22?,24-,25+/m0/s1. The van der Waals surface area contributed by atoms with Crippen molar-refractivity contribution >= 4 is 11.8 Å². The molecule has 0 saturated heterocycles. The summed E-state index contributed by atoms with van der Waals surface area (Å²) in [6.07, 6.45) is 17.0. The van der Waals surface area contributed by atoms with E-state index < -0.39 is 0 Å². The zero-order valence-corrected chi connectivity index (χ0v) is 17.7. The molecule has 0 aromatic carbocycles. The molecule has 152 valence electrons. The molecule has 0 aromatic heterocycles. The summed E-state index contributed by atoms with van der Waals surface area (Å²) >= 11 is 0. The second-order valence-corrected chi connectivity index (χ2v) is 10.1. The highest BCUT2D eigenvalue weighted by Crippen LogP contribution is 2.66. The van der Waals surface area contributed by atoms with E-state index in [0.29, 0.717) is 47.2 Å².